The average molecular weight is 302 g/mol. The Morgan fingerprint density at radius 1 is 1.25 bits per heavy atom. The minimum absolute atomic E-state index is 0.0973. The highest BCUT2D eigenvalue weighted by atomic mass is 32.2. The van der Waals surface area contributed by atoms with Gasteiger partial charge in [0.2, 0.25) is 0 Å². The molecule has 0 aromatic carbocycles. The van der Waals surface area contributed by atoms with Crippen LogP contribution in [0.5, 0.6) is 0 Å². The number of sulfone groups is 1. The van der Waals surface area contributed by atoms with E-state index in [1.165, 1.54) is 12.5 Å². The normalized spacial score (nSPS) is 13.7. The third kappa shape index (κ3) is 4.59. The second-order valence-corrected chi connectivity index (χ2v) is 9.25. The Morgan fingerprint density at radius 2 is 1.85 bits per heavy atom. The summed E-state index contributed by atoms with van der Waals surface area (Å²) in [5.41, 5.74) is 0.0973. The molecule has 1 heterocycles. The molecule has 0 unspecified atom stereocenters. The second kappa shape index (κ2) is 5.85. The zero-order chi connectivity index (χ0) is 15.6. The summed E-state index contributed by atoms with van der Waals surface area (Å²) >= 11 is 0. The van der Waals surface area contributed by atoms with E-state index in [2.05, 4.69) is 31.1 Å². The van der Waals surface area contributed by atoms with Crippen molar-refractivity contribution in [2.24, 2.45) is 0 Å². The van der Waals surface area contributed by atoms with E-state index in [9.17, 15) is 8.42 Å². The Hall–Kier alpha value is -0.880. The fourth-order valence-electron chi connectivity index (χ4n) is 1.59. The van der Waals surface area contributed by atoms with E-state index in [4.69, 9.17) is 4.42 Å². The molecule has 0 bridgehead atoms. The largest absolute Gasteiger partial charge is 0.444 e. The minimum Gasteiger partial charge on any atom is -0.444 e. The molecule has 6 heteroatoms. The number of aryl methyl sites for hydroxylation is 1. The Balaban J connectivity index is 2.61. The zero-order valence-corrected chi connectivity index (χ0v) is 14.1. The van der Waals surface area contributed by atoms with Gasteiger partial charge in [-0.1, -0.05) is 0 Å². The van der Waals surface area contributed by atoms with Crippen LogP contribution in [0.25, 0.3) is 0 Å². The molecule has 1 rings (SSSR count). The number of aromatic nitrogens is 1. The maximum absolute atomic E-state index is 11.7. The van der Waals surface area contributed by atoms with Gasteiger partial charge in [-0.25, -0.2) is 13.4 Å². The van der Waals surface area contributed by atoms with Crippen LogP contribution in [0.1, 0.15) is 52.7 Å². The van der Waals surface area contributed by atoms with Crippen molar-refractivity contribution in [3.63, 3.8) is 0 Å². The Morgan fingerprint density at radius 3 is 2.35 bits per heavy atom. The summed E-state index contributed by atoms with van der Waals surface area (Å²) in [6.07, 6.45) is 4.33. The number of nitrogens with zero attached hydrogens (tertiary/aromatic N) is 1. The van der Waals surface area contributed by atoms with E-state index >= 15 is 0 Å². The van der Waals surface area contributed by atoms with Crippen LogP contribution < -0.4 is 5.32 Å². The van der Waals surface area contributed by atoms with Gasteiger partial charge in [-0.2, -0.15) is 0 Å². The predicted octanol–water partition coefficient (Wildman–Crippen LogP) is 2.28. The summed E-state index contributed by atoms with van der Waals surface area (Å²) in [5, 5.41) is 3.39. The molecule has 1 aromatic heterocycles. The molecule has 0 saturated carbocycles. The van der Waals surface area contributed by atoms with Gasteiger partial charge in [0.1, 0.15) is 10.5 Å². The fourth-order valence-corrected chi connectivity index (χ4v) is 2.05. The van der Waals surface area contributed by atoms with Crippen LogP contribution in [0.4, 0.5) is 0 Å². The summed E-state index contributed by atoms with van der Waals surface area (Å²) in [6, 6.07) is 0. The molecule has 116 valence electrons. The molecule has 0 saturated heterocycles. The molecule has 0 fully saturated rings. The first-order valence-corrected chi connectivity index (χ1v) is 8.72. The molecular formula is C14H26N2O3S. The fraction of sp³-hybridized carbons (Fsp3) is 0.786. The van der Waals surface area contributed by atoms with Gasteiger partial charge in [0.25, 0.3) is 0 Å². The average Bonchev–Trinajstić information content (AvgIpc) is 2.70. The van der Waals surface area contributed by atoms with Crippen molar-refractivity contribution < 1.29 is 12.8 Å². The molecule has 0 atom stereocenters. The molecule has 5 nitrogen and oxygen atoms in total. The van der Waals surface area contributed by atoms with Gasteiger partial charge in [-0.15, -0.1) is 0 Å². The van der Waals surface area contributed by atoms with E-state index in [0.29, 0.717) is 18.1 Å². The van der Waals surface area contributed by atoms with Crippen LogP contribution in [-0.4, -0.2) is 31.7 Å². The van der Waals surface area contributed by atoms with Gasteiger partial charge in [-0.3, -0.25) is 0 Å². The standard InChI is InChI=1S/C14H26N2O3S/c1-13(2,3)16-9-7-8-12-15-10-11(19-12)14(4,5)20(6,17)18/h10,16H,7-9H2,1-6H3. The van der Waals surface area contributed by atoms with Crippen molar-refractivity contribution in [2.75, 3.05) is 12.8 Å². The molecule has 1 aromatic rings. The van der Waals surface area contributed by atoms with Crippen molar-refractivity contribution in [2.45, 2.75) is 57.7 Å². The zero-order valence-electron chi connectivity index (χ0n) is 13.3. The van der Waals surface area contributed by atoms with Crippen molar-refractivity contribution in [1.82, 2.24) is 10.3 Å². The lowest BCUT2D eigenvalue weighted by Crippen LogP contribution is -2.36. The maximum atomic E-state index is 11.7. The third-order valence-electron chi connectivity index (χ3n) is 3.30. The van der Waals surface area contributed by atoms with Crippen LogP contribution in [0.3, 0.4) is 0 Å². The van der Waals surface area contributed by atoms with Gasteiger partial charge in [-0.05, 0) is 47.6 Å². The number of rotatable bonds is 6. The third-order valence-corrected chi connectivity index (χ3v) is 5.35. The molecule has 0 aliphatic heterocycles. The first kappa shape index (κ1) is 17.2. The smallest absolute Gasteiger partial charge is 0.194 e. The lowest BCUT2D eigenvalue weighted by atomic mass is 10.1. The quantitative estimate of drug-likeness (QED) is 0.816. The van der Waals surface area contributed by atoms with Crippen molar-refractivity contribution in [1.29, 1.82) is 0 Å². The molecular weight excluding hydrogens is 276 g/mol. The highest BCUT2D eigenvalue weighted by Gasteiger charge is 2.36. The number of nitrogens with one attached hydrogen (secondary N) is 1. The summed E-state index contributed by atoms with van der Waals surface area (Å²) in [4.78, 5) is 4.17. The molecule has 0 radical (unpaired) electrons. The monoisotopic (exact) mass is 302 g/mol. The maximum Gasteiger partial charge on any atom is 0.194 e. The van der Waals surface area contributed by atoms with Gasteiger partial charge in [0.05, 0.1) is 6.20 Å². The van der Waals surface area contributed by atoms with Gasteiger partial charge >= 0.3 is 0 Å². The van der Waals surface area contributed by atoms with Crippen LogP contribution in [0.15, 0.2) is 10.6 Å². The molecule has 0 spiro atoms. The Bertz CT molecular complexity index is 539. The Labute approximate surface area is 122 Å². The van der Waals surface area contributed by atoms with Crippen LogP contribution in [0.2, 0.25) is 0 Å². The highest BCUT2D eigenvalue weighted by molar-refractivity contribution is 7.91. The van der Waals surface area contributed by atoms with Gasteiger partial charge < -0.3 is 9.73 Å². The van der Waals surface area contributed by atoms with Crippen LogP contribution >= 0.6 is 0 Å². The van der Waals surface area contributed by atoms with E-state index < -0.39 is 14.6 Å². The number of hydrogen-bond donors (Lipinski definition) is 1. The topological polar surface area (TPSA) is 72.2 Å². The molecule has 1 N–H and O–H groups in total. The number of hydrogen-bond acceptors (Lipinski definition) is 5. The first-order chi connectivity index (χ1) is 8.93. The molecule has 0 amide bonds. The van der Waals surface area contributed by atoms with E-state index in [1.807, 2.05) is 0 Å². The van der Waals surface area contributed by atoms with Gasteiger partial charge in [0.15, 0.2) is 15.7 Å². The molecule has 0 aliphatic carbocycles. The Kier molecular flexibility index (Phi) is 5.03. The highest BCUT2D eigenvalue weighted by Crippen LogP contribution is 2.29. The predicted molar refractivity (Wildman–Crippen MR) is 80.4 cm³/mol. The van der Waals surface area contributed by atoms with Crippen LogP contribution in [0, 0.1) is 0 Å². The summed E-state index contributed by atoms with van der Waals surface area (Å²) in [5.74, 6) is 0.992. The molecule has 0 aliphatic rings. The molecule has 20 heavy (non-hydrogen) atoms. The summed E-state index contributed by atoms with van der Waals surface area (Å²) < 4.78 is 28.0. The first-order valence-electron chi connectivity index (χ1n) is 6.83. The summed E-state index contributed by atoms with van der Waals surface area (Å²) in [6.45, 7) is 10.5. The second-order valence-electron chi connectivity index (χ2n) is 6.68. The van der Waals surface area contributed by atoms with Gasteiger partial charge in [0, 0.05) is 18.2 Å². The van der Waals surface area contributed by atoms with Crippen LogP contribution in [-0.2, 0) is 21.0 Å². The number of oxazole rings is 1. The lowest BCUT2D eigenvalue weighted by Gasteiger charge is -2.20. The van der Waals surface area contributed by atoms with E-state index in [-0.39, 0.29) is 5.54 Å². The van der Waals surface area contributed by atoms with Crippen molar-refractivity contribution in [3.8, 4) is 0 Å². The van der Waals surface area contributed by atoms with Crippen molar-refractivity contribution in [3.05, 3.63) is 17.8 Å². The van der Waals surface area contributed by atoms with Crippen molar-refractivity contribution >= 4 is 9.84 Å². The minimum atomic E-state index is -3.23. The summed E-state index contributed by atoms with van der Waals surface area (Å²) in [7, 11) is -3.23. The lowest BCUT2D eigenvalue weighted by molar-refractivity contribution is 0.393. The SMILES string of the molecule is CC(C)(C)NCCCc1ncc(C(C)(C)S(C)(=O)=O)o1. The van der Waals surface area contributed by atoms with E-state index in [1.54, 1.807) is 13.8 Å². The van der Waals surface area contributed by atoms with E-state index in [0.717, 1.165) is 13.0 Å².